The molecule has 0 aliphatic heterocycles. The first kappa shape index (κ1) is 13.4. The Morgan fingerprint density at radius 3 is 2.47 bits per heavy atom. The number of thioether (sulfide) groups is 1. The van der Waals surface area contributed by atoms with Crippen molar-refractivity contribution >= 4 is 11.8 Å². The maximum Gasteiger partial charge on any atom is 0.000799 e. The molecule has 90 valence electrons. The van der Waals surface area contributed by atoms with Gasteiger partial charge in [0.25, 0.3) is 0 Å². The third kappa shape index (κ3) is 4.78. The van der Waals surface area contributed by atoms with Crippen molar-refractivity contribution < 1.29 is 0 Å². The van der Waals surface area contributed by atoms with E-state index in [1.165, 1.54) is 56.6 Å². The Kier molecular flexibility index (Phi) is 6.74. The second kappa shape index (κ2) is 7.56. The van der Waals surface area contributed by atoms with Gasteiger partial charge in [0.15, 0.2) is 0 Å². The van der Waals surface area contributed by atoms with E-state index in [2.05, 4.69) is 30.9 Å². The predicted octanol–water partition coefficient (Wildman–Crippen LogP) is 3.69. The van der Waals surface area contributed by atoms with Crippen molar-refractivity contribution in [1.82, 2.24) is 5.32 Å². The van der Waals surface area contributed by atoms with Crippen LogP contribution in [-0.4, -0.2) is 24.6 Å². The molecule has 0 amide bonds. The Bertz CT molecular complexity index is 153. The van der Waals surface area contributed by atoms with Crippen LogP contribution < -0.4 is 5.32 Å². The fraction of sp³-hybridized carbons (Fsp3) is 1.00. The summed E-state index contributed by atoms with van der Waals surface area (Å²) in [6.45, 7) is 6.87. The molecule has 15 heavy (non-hydrogen) atoms. The minimum absolute atomic E-state index is 0.649. The van der Waals surface area contributed by atoms with Gasteiger partial charge in [-0.1, -0.05) is 33.1 Å². The van der Waals surface area contributed by atoms with Gasteiger partial charge < -0.3 is 5.32 Å². The monoisotopic (exact) mass is 229 g/mol. The predicted molar refractivity (Wildman–Crippen MR) is 71.7 cm³/mol. The lowest BCUT2D eigenvalue weighted by Crippen LogP contribution is -2.36. The van der Waals surface area contributed by atoms with Crippen LogP contribution >= 0.6 is 11.8 Å². The summed E-state index contributed by atoms with van der Waals surface area (Å²) in [5, 5.41) is 3.58. The molecule has 1 nitrogen and oxygen atoms in total. The normalized spacial score (nSPS) is 20.4. The molecule has 0 atom stereocenters. The van der Waals surface area contributed by atoms with Crippen molar-refractivity contribution in [3.63, 3.8) is 0 Å². The maximum absolute atomic E-state index is 3.58. The fourth-order valence-electron chi connectivity index (χ4n) is 2.64. The van der Waals surface area contributed by atoms with Gasteiger partial charge in [-0.3, -0.25) is 0 Å². The first-order chi connectivity index (χ1) is 7.33. The van der Waals surface area contributed by atoms with Crippen molar-refractivity contribution in [2.75, 3.05) is 24.6 Å². The topological polar surface area (TPSA) is 12.0 Å². The van der Waals surface area contributed by atoms with Gasteiger partial charge >= 0.3 is 0 Å². The van der Waals surface area contributed by atoms with E-state index in [4.69, 9.17) is 0 Å². The molecule has 0 unspecified atom stereocenters. The van der Waals surface area contributed by atoms with Crippen LogP contribution in [-0.2, 0) is 0 Å². The van der Waals surface area contributed by atoms with Crippen LogP contribution in [0, 0.1) is 5.41 Å². The smallest absolute Gasteiger partial charge is 0.000799 e. The van der Waals surface area contributed by atoms with Gasteiger partial charge in [-0.15, -0.1) is 0 Å². The summed E-state index contributed by atoms with van der Waals surface area (Å²) in [4.78, 5) is 0. The van der Waals surface area contributed by atoms with Crippen LogP contribution in [0.3, 0.4) is 0 Å². The van der Waals surface area contributed by atoms with Crippen molar-refractivity contribution in [3.05, 3.63) is 0 Å². The van der Waals surface area contributed by atoms with Gasteiger partial charge in [0.2, 0.25) is 0 Å². The summed E-state index contributed by atoms with van der Waals surface area (Å²) in [5.74, 6) is 2.64. The van der Waals surface area contributed by atoms with Crippen molar-refractivity contribution in [1.29, 1.82) is 0 Å². The summed E-state index contributed by atoms with van der Waals surface area (Å²) in [6, 6.07) is 0. The number of nitrogens with one attached hydrogen (secondary N) is 1. The zero-order valence-corrected chi connectivity index (χ0v) is 11.3. The molecule has 1 saturated carbocycles. The van der Waals surface area contributed by atoms with Gasteiger partial charge in [0, 0.05) is 6.54 Å². The lowest BCUT2D eigenvalue weighted by molar-refractivity contribution is 0.177. The van der Waals surface area contributed by atoms with E-state index < -0.39 is 0 Å². The minimum Gasteiger partial charge on any atom is -0.316 e. The highest BCUT2D eigenvalue weighted by atomic mass is 32.2. The molecule has 0 aromatic rings. The van der Waals surface area contributed by atoms with Crippen molar-refractivity contribution in [2.45, 2.75) is 52.4 Å². The molecule has 0 aromatic carbocycles. The van der Waals surface area contributed by atoms with Gasteiger partial charge in [-0.05, 0) is 42.7 Å². The first-order valence-corrected chi connectivity index (χ1v) is 7.77. The average Bonchev–Trinajstić information content (AvgIpc) is 2.28. The largest absolute Gasteiger partial charge is 0.316 e. The molecule has 0 radical (unpaired) electrons. The SMILES string of the molecule is CCNCC1(CCSCC)CCCCC1. The van der Waals surface area contributed by atoms with Crippen LogP contribution in [0.2, 0.25) is 0 Å². The van der Waals surface area contributed by atoms with Crippen molar-refractivity contribution in [2.24, 2.45) is 5.41 Å². The summed E-state index contributed by atoms with van der Waals surface area (Å²) >= 11 is 2.11. The molecule has 0 heterocycles. The minimum atomic E-state index is 0.649. The lowest BCUT2D eigenvalue weighted by Gasteiger charge is -2.37. The molecule has 0 bridgehead atoms. The molecular weight excluding hydrogens is 202 g/mol. The Morgan fingerprint density at radius 2 is 1.87 bits per heavy atom. The molecule has 1 N–H and O–H groups in total. The van der Waals surface area contributed by atoms with E-state index in [9.17, 15) is 0 Å². The highest BCUT2D eigenvalue weighted by molar-refractivity contribution is 7.99. The highest BCUT2D eigenvalue weighted by Crippen LogP contribution is 2.39. The molecule has 1 aliphatic carbocycles. The van der Waals surface area contributed by atoms with Crippen LogP contribution in [0.4, 0.5) is 0 Å². The van der Waals surface area contributed by atoms with Gasteiger partial charge in [0.1, 0.15) is 0 Å². The second-order valence-electron chi connectivity index (χ2n) is 4.79. The molecular formula is C13H27NS. The van der Waals surface area contributed by atoms with E-state index >= 15 is 0 Å². The Morgan fingerprint density at radius 1 is 1.13 bits per heavy atom. The average molecular weight is 229 g/mol. The summed E-state index contributed by atoms with van der Waals surface area (Å²) in [6.07, 6.45) is 8.74. The Labute approximate surface area is 99.8 Å². The zero-order chi connectivity index (χ0) is 11.0. The molecule has 0 spiro atoms. The van der Waals surface area contributed by atoms with Crippen LogP contribution in [0.15, 0.2) is 0 Å². The van der Waals surface area contributed by atoms with E-state index in [1.807, 2.05) is 0 Å². The summed E-state index contributed by atoms with van der Waals surface area (Å²) in [5.41, 5.74) is 0.649. The van der Waals surface area contributed by atoms with E-state index in [1.54, 1.807) is 0 Å². The van der Waals surface area contributed by atoms with E-state index in [-0.39, 0.29) is 0 Å². The highest BCUT2D eigenvalue weighted by Gasteiger charge is 2.30. The van der Waals surface area contributed by atoms with Crippen LogP contribution in [0.5, 0.6) is 0 Å². The molecule has 2 heteroatoms. The second-order valence-corrected chi connectivity index (χ2v) is 6.18. The van der Waals surface area contributed by atoms with Gasteiger partial charge in [-0.2, -0.15) is 11.8 Å². The Hall–Kier alpha value is 0.310. The van der Waals surface area contributed by atoms with Gasteiger partial charge in [0.05, 0.1) is 0 Å². The number of hydrogen-bond acceptors (Lipinski definition) is 2. The van der Waals surface area contributed by atoms with Crippen molar-refractivity contribution in [3.8, 4) is 0 Å². The third-order valence-electron chi connectivity index (χ3n) is 3.65. The quantitative estimate of drug-likeness (QED) is 0.668. The lowest BCUT2D eigenvalue weighted by atomic mass is 9.72. The van der Waals surface area contributed by atoms with E-state index in [0.29, 0.717) is 5.41 Å². The molecule has 1 fully saturated rings. The summed E-state index contributed by atoms with van der Waals surface area (Å²) < 4.78 is 0. The molecule has 0 saturated heterocycles. The third-order valence-corrected chi connectivity index (χ3v) is 4.55. The first-order valence-electron chi connectivity index (χ1n) is 6.61. The Balaban J connectivity index is 2.35. The maximum atomic E-state index is 3.58. The molecule has 0 aromatic heterocycles. The molecule has 1 rings (SSSR count). The fourth-order valence-corrected chi connectivity index (χ4v) is 3.51. The molecule has 1 aliphatic rings. The van der Waals surface area contributed by atoms with Crippen LogP contribution in [0.1, 0.15) is 52.4 Å². The van der Waals surface area contributed by atoms with Crippen LogP contribution in [0.25, 0.3) is 0 Å². The zero-order valence-electron chi connectivity index (χ0n) is 10.5. The van der Waals surface area contributed by atoms with Gasteiger partial charge in [-0.25, -0.2) is 0 Å². The van der Waals surface area contributed by atoms with E-state index in [0.717, 1.165) is 6.54 Å². The summed E-state index contributed by atoms with van der Waals surface area (Å²) in [7, 11) is 0. The number of rotatable bonds is 7. The standard InChI is InChI=1S/C13H27NS/c1-3-14-12-13(10-11-15-4-2)8-6-5-7-9-13/h14H,3-12H2,1-2H3. The number of hydrogen-bond donors (Lipinski definition) is 1.